The Bertz CT molecular complexity index is 1210. The second kappa shape index (κ2) is 10.4. The van der Waals surface area contributed by atoms with Gasteiger partial charge in [0.05, 0.1) is 24.0 Å². The smallest absolute Gasteiger partial charge is 0.311 e. The van der Waals surface area contributed by atoms with Crippen molar-refractivity contribution in [2.24, 2.45) is 0 Å². The minimum atomic E-state index is -0.477. The van der Waals surface area contributed by atoms with Crippen molar-refractivity contribution >= 4 is 45.9 Å². The highest BCUT2D eigenvalue weighted by Gasteiger charge is 2.16. The fourth-order valence-corrected chi connectivity index (χ4v) is 3.14. The van der Waals surface area contributed by atoms with Gasteiger partial charge in [-0.3, -0.25) is 14.4 Å². The Morgan fingerprint density at radius 1 is 0.970 bits per heavy atom. The average molecular weight is 451 g/mol. The van der Waals surface area contributed by atoms with Crippen molar-refractivity contribution in [3.8, 4) is 17.2 Å². The van der Waals surface area contributed by atoms with Crippen LogP contribution in [0.4, 0.5) is 17.2 Å². The summed E-state index contributed by atoms with van der Waals surface area (Å²) in [5, 5.41) is 6.59. The lowest BCUT2D eigenvalue weighted by molar-refractivity contribution is -0.134. The van der Waals surface area contributed by atoms with E-state index in [0.717, 1.165) is 5.39 Å². The van der Waals surface area contributed by atoms with Crippen LogP contribution in [0, 0.1) is 0 Å². The largest absolute Gasteiger partial charge is 0.493 e. The SMILES string of the molecule is CCCC(=O)Oc1c(NC(C)=O)cccc1Nc1ccc2cc(OC)c(OC(C)=O)cc2n1. The van der Waals surface area contributed by atoms with Gasteiger partial charge in [0.1, 0.15) is 5.82 Å². The second-order valence-electron chi connectivity index (χ2n) is 7.20. The van der Waals surface area contributed by atoms with Gasteiger partial charge in [-0.15, -0.1) is 0 Å². The van der Waals surface area contributed by atoms with Crippen LogP contribution in [0.1, 0.15) is 33.6 Å². The second-order valence-corrected chi connectivity index (χ2v) is 7.20. The number of para-hydroxylation sites is 1. The maximum atomic E-state index is 12.2. The molecule has 2 N–H and O–H groups in total. The predicted octanol–water partition coefficient (Wildman–Crippen LogP) is 4.58. The minimum Gasteiger partial charge on any atom is -0.493 e. The summed E-state index contributed by atoms with van der Waals surface area (Å²) in [5.74, 6) is 0.129. The molecule has 0 radical (unpaired) electrons. The molecule has 0 aliphatic carbocycles. The number of pyridine rings is 1. The Morgan fingerprint density at radius 3 is 2.39 bits per heavy atom. The fraction of sp³-hybridized carbons (Fsp3) is 0.250. The molecule has 0 aliphatic heterocycles. The lowest BCUT2D eigenvalue weighted by Gasteiger charge is -2.16. The van der Waals surface area contributed by atoms with Gasteiger partial charge in [0, 0.05) is 31.7 Å². The first kappa shape index (κ1) is 23.5. The van der Waals surface area contributed by atoms with Gasteiger partial charge in [-0.2, -0.15) is 0 Å². The maximum absolute atomic E-state index is 12.2. The summed E-state index contributed by atoms with van der Waals surface area (Å²) in [6.07, 6.45) is 0.868. The van der Waals surface area contributed by atoms with Gasteiger partial charge < -0.3 is 24.8 Å². The number of nitrogens with one attached hydrogen (secondary N) is 2. The van der Waals surface area contributed by atoms with E-state index in [2.05, 4.69) is 15.6 Å². The molecule has 3 aromatic rings. The molecule has 3 rings (SSSR count). The summed E-state index contributed by atoms with van der Waals surface area (Å²) in [4.78, 5) is 39.8. The molecule has 0 bridgehead atoms. The van der Waals surface area contributed by atoms with Gasteiger partial charge in [-0.25, -0.2) is 4.98 Å². The molecule has 1 heterocycles. The number of carbonyl (C=O) groups excluding carboxylic acids is 3. The lowest BCUT2D eigenvalue weighted by atomic mass is 10.2. The predicted molar refractivity (Wildman–Crippen MR) is 124 cm³/mol. The quantitative estimate of drug-likeness (QED) is 0.378. The molecule has 2 aromatic carbocycles. The molecule has 0 fully saturated rings. The molecule has 9 nitrogen and oxygen atoms in total. The van der Waals surface area contributed by atoms with Crippen LogP contribution in [0.5, 0.6) is 17.2 Å². The van der Waals surface area contributed by atoms with Crippen molar-refractivity contribution in [3.05, 3.63) is 42.5 Å². The Morgan fingerprint density at radius 2 is 1.73 bits per heavy atom. The highest BCUT2D eigenvalue weighted by molar-refractivity contribution is 5.94. The number of anilines is 3. The molecule has 9 heteroatoms. The number of esters is 2. The van der Waals surface area contributed by atoms with Crippen LogP contribution in [-0.2, 0) is 14.4 Å². The Hall–Kier alpha value is -4.14. The van der Waals surface area contributed by atoms with Crippen molar-refractivity contribution < 1.29 is 28.6 Å². The summed E-state index contributed by atoms with van der Waals surface area (Å²) in [5.41, 5.74) is 1.37. The first-order valence-electron chi connectivity index (χ1n) is 10.4. The van der Waals surface area contributed by atoms with Crippen molar-refractivity contribution in [3.63, 3.8) is 0 Å². The molecule has 0 saturated carbocycles. The zero-order valence-electron chi connectivity index (χ0n) is 18.9. The highest BCUT2D eigenvalue weighted by atomic mass is 16.6. The third-order valence-electron chi connectivity index (χ3n) is 4.49. The van der Waals surface area contributed by atoms with E-state index in [1.807, 2.05) is 13.0 Å². The lowest BCUT2D eigenvalue weighted by Crippen LogP contribution is -2.13. The van der Waals surface area contributed by atoms with Gasteiger partial charge >= 0.3 is 11.9 Å². The summed E-state index contributed by atoms with van der Waals surface area (Å²) in [6, 6.07) is 12.0. The standard InChI is InChI=1S/C24H25N3O6/c1-5-7-23(30)33-24-17(25-14(2)28)8-6-9-18(24)26-22-11-10-16-12-20(31-4)21(32-15(3)29)13-19(16)27-22/h6,8-13H,5,7H2,1-4H3,(H,25,28)(H,26,27). The summed E-state index contributed by atoms with van der Waals surface area (Å²) >= 11 is 0. The fourth-order valence-electron chi connectivity index (χ4n) is 3.14. The molecule has 0 spiro atoms. The van der Waals surface area contributed by atoms with E-state index in [9.17, 15) is 14.4 Å². The number of ether oxygens (including phenoxy) is 3. The number of nitrogens with zero attached hydrogens (tertiary/aromatic N) is 1. The monoisotopic (exact) mass is 451 g/mol. The number of methoxy groups -OCH3 is 1. The summed E-state index contributed by atoms with van der Waals surface area (Å²) in [6.45, 7) is 4.55. The van der Waals surface area contributed by atoms with Crippen LogP contribution in [0.25, 0.3) is 10.9 Å². The zero-order chi connectivity index (χ0) is 24.0. The maximum Gasteiger partial charge on any atom is 0.311 e. The first-order chi connectivity index (χ1) is 15.8. The Balaban J connectivity index is 2.00. The van der Waals surface area contributed by atoms with Crippen molar-refractivity contribution in [1.29, 1.82) is 0 Å². The molecule has 1 amide bonds. The Kier molecular flexibility index (Phi) is 7.45. The molecule has 33 heavy (non-hydrogen) atoms. The van der Waals surface area contributed by atoms with Crippen LogP contribution in [0.3, 0.4) is 0 Å². The summed E-state index contributed by atoms with van der Waals surface area (Å²) in [7, 11) is 1.49. The van der Waals surface area contributed by atoms with Gasteiger partial charge in [-0.1, -0.05) is 13.0 Å². The van der Waals surface area contributed by atoms with Crippen LogP contribution >= 0.6 is 0 Å². The number of hydrogen-bond acceptors (Lipinski definition) is 8. The van der Waals surface area contributed by atoms with Crippen molar-refractivity contribution in [2.45, 2.75) is 33.6 Å². The molecule has 0 saturated heterocycles. The van der Waals surface area contributed by atoms with E-state index >= 15 is 0 Å². The third-order valence-corrected chi connectivity index (χ3v) is 4.49. The van der Waals surface area contributed by atoms with E-state index in [1.165, 1.54) is 21.0 Å². The highest BCUT2D eigenvalue weighted by Crippen LogP contribution is 2.37. The number of benzene rings is 2. The topological polar surface area (TPSA) is 116 Å². The molecular weight excluding hydrogens is 426 g/mol. The number of carbonyl (C=O) groups is 3. The molecule has 0 atom stereocenters. The molecule has 0 aliphatic rings. The molecular formula is C24H25N3O6. The van der Waals surface area contributed by atoms with Crippen LogP contribution in [0.2, 0.25) is 0 Å². The van der Waals surface area contributed by atoms with Gasteiger partial charge in [0.2, 0.25) is 5.91 Å². The molecule has 0 unspecified atom stereocenters. The van der Waals surface area contributed by atoms with Crippen molar-refractivity contribution in [2.75, 3.05) is 17.7 Å². The van der Waals surface area contributed by atoms with E-state index in [-0.39, 0.29) is 23.8 Å². The molecule has 1 aromatic heterocycles. The first-order valence-corrected chi connectivity index (χ1v) is 10.4. The number of rotatable bonds is 8. The zero-order valence-corrected chi connectivity index (χ0v) is 18.9. The van der Waals surface area contributed by atoms with Crippen molar-refractivity contribution in [1.82, 2.24) is 4.98 Å². The number of hydrogen-bond donors (Lipinski definition) is 2. The average Bonchev–Trinajstić information content (AvgIpc) is 2.75. The number of aromatic nitrogens is 1. The third kappa shape index (κ3) is 5.97. The van der Waals surface area contributed by atoms with Crippen LogP contribution in [0.15, 0.2) is 42.5 Å². The van der Waals surface area contributed by atoms with Gasteiger partial charge in [-0.05, 0) is 36.8 Å². The number of amides is 1. The number of fused-ring (bicyclic) bond motifs is 1. The van der Waals surface area contributed by atoms with Gasteiger partial charge in [0.25, 0.3) is 0 Å². The van der Waals surface area contributed by atoms with E-state index in [0.29, 0.717) is 34.9 Å². The van der Waals surface area contributed by atoms with E-state index < -0.39 is 11.9 Å². The van der Waals surface area contributed by atoms with Gasteiger partial charge in [0.15, 0.2) is 17.2 Å². The van der Waals surface area contributed by atoms with Crippen LogP contribution < -0.4 is 24.8 Å². The molecule has 172 valence electrons. The normalized spacial score (nSPS) is 10.4. The Labute approximate surface area is 191 Å². The minimum absolute atomic E-state index is 0.198. The van der Waals surface area contributed by atoms with E-state index in [1.54, 1.807) is 36.4 Å². The van der Waals surface area contributed by atoms with E-state index in [4.69, 9.17) is 14.2 Å². The summed E-state index contributed by atoms with van der Waals surface area (Å²) < 4.78 is 16.1. The van der Waals surface area contributed by atoms with Crippen LogP contribution in [-0.4, -0.2) is 29.9 Å².